The van der Waals surface area contributed by atoms with Crippen LogP contribution in [0.3, 0.4) is 0 Å². The first-order valence-electron chi connectivity index (χ1n) is 9.73. The van der Waals surface area contributed by atoms with Gasteiger partial charge >= 0.3 is 0 Å². The van der Waals surface area contributed by atoms with Crippen molar-refractivity contribution in [3.63, 3.8) is 0 Å². The first-order valence-corrected chi connectivity index (χ1v) is 10.1. The van der Waals surface area contributed by atoms with E-state index in [1.54, 1.807) is 18.2 Å². The predicted molar refractivity (Wildman–Crippen MR) is 115 cm³/mol. The normalized spacial score (nSPS) is 10.7. The number of nitrogens with one attached hydrogen (secondary N) is 1. The van der Waals surface area contributed by atoms with E-state index >= 15 is 0 Å². The third-order valence-corrected chi connectivity index (χ3v) is 4.85. The maximum Gasteiger partial charge on any atom is 0.163 e. The molecule has 0 spiro atoms. The Kier molecular flexibility index (Phi) is 7.91. The van der Waals surface area contributed by atoms with E-state index in [1.807, 2.05) is 49.4 Å². The molecule has 0 heterocycles. The van der Waals surface area contributed by atoms with E-state index in [1.165, 1.54) is 6.07 Å². The summed E-state index contributed by atoms with van der Waals surface area (Å²) < 4.78 is 25.4. The van der Waals surface area contributed by atoms with E-state index in [2.05, 4.69) is 5.32 Å². The van der Waals surface area contributed by atoms with Gasteiger partial charge in [-0.15, -0.1) is 0 Å². The van der Waals surface area contributed by atoms with Crippen molar-refractivity contribution in [2.45, 2.75) is 26.5 Å². The van der Waals surface area contributed by atoms with Crippen LogP contribution in [0.5, 0.6) is 11.5 Å². The molecule has 0 fully saturated rings. The fraction of sp³-hybridized carbons (Fsp3) is 0.250. The fourth-order valence-corrected chi connectivity index (χ4v) is 3.20. The lowest BCUT2D eigenvalue weighted by atomic mass is 10.1. The molecule has 29 heavy (non-hydrogen) atoms. The van der Waals surface area contributed by atoms with Gasteiger partial charge in [-0.2, -0.15) is 0 Å². The maximum atomic E-state index is 13.7. The first-order chi connectivity index (χ1) is 14.2. The van der Waals surface area contributed by atoms with Gasteiger partial charge in [-0.25, -0.2) is 4.39 Å². The Balaban J connectivity index is 1.61. The van der Waals surface area contributed by atoms with Crippen LogP contribution in [0.25, 0.3) is 0 Å². The van der Waals surface area contributed by atoms with Crippen LogP contribution in [0.4, 0.5) is 4.39 Å². The molecular weight excluding hydrogens is 389 g/mol. The first kappa shape index (κ1) is 21.2. The van der Waals surface area contributed by atoms with E-state index in [0.717, 1.165) is 11.1 Å². The molecule has 1 N–H and O–H groups in total. The van der Waals surface area contributed by atoms with Gasteiger partial charge in [0.1, 0.15) is 12.4 Å². The topological polar surface area (TPSA) is 30.5 Å². The molecule has 0 atom stereocenters. The van der Waals surface area contributed by atoms with Gasteiger partial charge in [-0.3, -0.25) is 0 Å². The minimum Gasteiger partial charge on any atom is -0.490 e. The fourth-order valence-electron chi connectivity index (χ4n) is 2.98. The molecule has 0 aliphatic heterocycles. The summed E-state index contributed by atoms with van der Waals surface area (Å²) in [6.45, 7) is 4.11. The van der Waals surface area contributed by atoms with Crippen LogP contribution in [0.1, 0.15) is 23.6 Å². The number of hydrogen-bond donors (Lipinski definition) is 1. The van der Waals surface area contributed by atoms with Gasteiger partial charge in [0, 0.05) is 17.6 Å². The Hall–Kier alpha value is -2.56. The van der Waals surface area contributed by atoms with Crippen molar-refractivity contribution in [3.05, 3.63) is 94.3 Å². The van der Waals surface area contributed by atoms with E-state index in [4.69, 9.17) is 21.1 Å². The average Bonchev–Trinajstić information content (AvgIpc) is 2.74. The molecule has 0 aromatic heterocycles. The van der Waals surface area contributed by atoms with Crippen molar-refractivity contribution in [1.29, 1.82) is 0 Å². The smallest absolute Gasteiger partial charge is 0.163 e. The Morgan fingerprint density at radius 3 is 2.38 bits per heavy atom. The summed E-state index contributed by atoms with van der Waals surface area (Å²) in [6.07, 6.45) is 0.612. The summed E-state index contributed by atoms with van der Waals surface area (Å²) in [5.41, 5.74) is 2.69. The minimum absolute atomic E-state index is 0.175. The molecule has 3 rings (SSSR count). The lowest BCUT2D eigenvalue weighted by molar-refractivity contribution is 0.269. The second-order valence-electron chi connectivity index (χ2n) is 6.62. The molecule has 0 amide bonds. The zero-order valence-electron chi connectivity index (χ0n) is 16.5. The van der Waals surface area contributed by atoms with Crippen LogP contribution in [0.15, 0.2) is 66.7 Å². The van der Waals surface area contributed by atoms with Crippen molar-refractivity contribution >= 4 is 11.6 Å². The Morgan fingerprint density at radius 2 is 1.62 bits per heavy atom. The second-order valence-corrected chi connectivity index (χ2v) is 7.02. The molecule has 0 bridgehead atoms. The molecule has 0 aliphatic carbocycles. The van der Waals surface area contributed by atoms with E-state index in [0.29, 0.717) is 54.8 Å². The standard InChI is InChI=1S/C24H25ClFNO2/c1-2-28-23-14-20(16-27-13-12-19-10-6-7-11-22(19)26)21(25)15-24(23)29-17-18-8-4-3-5-9-18/h3-11,14-15,27H,2,12-13,16-17H2,1H3. The van der Waals surface area contributed by atoms with Gasteiger partial charge in [-0.05, 0) is 48.7 Å². The minimum atomic E-state index is -0.175. The summed E-state index contributed by atoms with van der Waals surface area (Å²) in [4.78, 5) is 0. The molecule has 152 valence electrons. The predicted octanol–water partition coefficient (Wildman–Crippen LogP) is 5.79. The second kappa shape index (κ2) is 10.8. The van der Waals surface area contributed by atoms with Gasteiger partial charge in [-0.1, -0.05) is 60.1 Å². The lowest BCUT2D eigenvalue weighted by Gasteiger charge is -2.15. The van der Waals surface area contributed by atoms with Gasteiger partial charge in [0.15, 0.2) is 11.5 Å². The van der Waals surface area contributed by atoms with Gasteiger partial charge in [0.2, 0.25) is 0 Å². The highest BCUT2D eigenvalue weighted by Gasteiger charge is 2.12. The van der Waals surface area contributed by atoms with E-state index in [-0.39, 0.29) is 5.82 Å². The third-order valence-electron chi connectivity index (χ3n) is 4.49. The van der Waals surface area contributed by atoms with Crippen LogP contribution in [0, 0.1) is 5.82 Å². The van der Waals surface area contributed by atoms with Crippen molar-refractivity contribution in [3.8, 4) is 11.5 Å². The largest absolute Gasteiger partial charge is 0.490 e. The molecular formula is C24H25ClFNO2. The SMILES string of the molecule is CCOc1cc(CNCCc2ccccc2F)c(Cl)cc1OCc1ccccc1. The van der Waals surface area contributed by atoms with Gasteiger partial charge < -0.3 is 14.8 Å². The van der Waals surface area contributed by atoms with Crippen molar-refractivity contribution in [2.24, 2.45) is 0 Å². The summed E-state index contributed by atoms with van der Waals surface area (Å²) in [5, 5.41) is 3.92. The Morgan fingerprint density at radius 1 is 0.897 bits per heavy atom. The molecule has 0 unspecified atom stereocenters. The molecule has 3 aromatic rings. The zero-order valence-corrected chi connectivity index (χ0v) is 17.2. The molecule has 3 aromatic carbocycles. The third kappa shape index (κ3) is 6.21. The highest BCUT2D eigenvalue weighted by Crippen LogP contribution is 2.34. The van der Waals surface area contributed by atoms with Crippen molar-refractivity contribution < 1.29 is 13.9 Å². The van der Waals surface area contributed by atoms with Crippen LogP contribution in [0.2, 0.25) is 5.02 Å². The van der Waals surface area contributed by atoms with Crippen molar-refractivity contribution in [2.75, 3.05) is 13.2 Å². The monoisotopic (exact) mass is 413 g/mol. The Bertz CT molecular complexity index is 918. The van der Waals surface area contributed by atoms with Gasteiger partial charge in [0.25, 0.3) is 0 Å². The summed E-state index contributed by atoms with van der Waals surface area (Å²) in [7, 11) is 0. The van der Waals surface area contributed by atoms with Crippen LogP contribution in [-0.2, 0) is 19.6 Å². The highest BCUT2D eigenvalue weighted by molar-refractivity contribution is 6.31. The quantitative estimate of drug-likeness (QED) is 0.427. The number of benzene rings is 3. The van der Waals surface area contributed by atoms with Gasteiger partial charge in [0.05, 0.1) is 6.61 Å². The molecule has 5 heteroatoms. The molecule has 0 aliphatic rings. The maximum absolute atomic E-state index is 13.7. The summed E-state index contributed by atoms with van der Waals surface area (Å²) in [6, 6.07) is 20.5. The van der Waals surface area contributed by atoms with Crippen LogP contribution >= 0.6 is 11.6 Å². The van der Waals surface area contributed by atoms with E-state index < -0.39 is 0 Å². The average molecular weight is 414 g/mol. The van der Waals surface area contributed by atoms with Crippen LogP contribution < -0.4 is 14.8 Å². The Labute approximate surface area is 176 Å². The summed E-state index contributed by atoms with van der Waals surface area (Å²) in [5.74, 6) is 1.11. The lowest BCUT2D eigenvalue weighted by Crippen LogP contribution is -2.17. The number of rotatable bonds is 10. The number of ether oxygens (including phenoxy) is 2. The number of halogens is 2. The molecule has 3 nitrogen and oxygen atoms in total. The molecule has 0 radical (unpaired) electrons. The van der Waals surface area contributed by atoms with Crippen molar-refractivity contribution in [1.82, 2.24) is 5.32 Å². The highest BCUT2D eigenvalue weighted by atomic mass is 35.5. The molecule has 0 saturated carbocycles. The summed E-state index contributed by atoms with van der Waals surface area (Å²) >= 11 is 6.47. The van der Waals surface area contributed by atoms with E-state index in [9.17, 15) is 4.39 Å². The number of hydrogen-bond acceptors (Lipinski definition) is 3. The molecule has 0 saturated heterocycles. The van der Waals surface area contributed by atoms with Crippen LogP contribution in [-0.4, -0.2) is 13.2 Å². The zero-order chi connectivity index (χ0) is 20.5.